The number of fused-ring (bicyclic) bond motifs is 2. The molecule has 0 saturated heterocycles. The van der Waals surface area contributed by atoms with Gasteiger partial charge < -0.3 is 9.55 Å². The van der Waals surface area contributed by atoms with Gasteiger partial charge in [0.25, 0.3) is 5.91 Å². The largest absolute Gasteiger partial charge is 0.338 e. The molecule has 6 rings (SSSR count). The average molecular weight is 516 g/mol. The molecule has 2 aromatic heterocycles. The zero-order chi connectivity index (χ0) is 25.7. The molecule has 1 amide bonds. The minimum atomic E-state index is -0.459. The third-order valence-corrected chi connectivity index (χ3v) is 7.58. The number of rotatable bonds is 4. The van der Waals surface area contributed by atoms with Gasteiger partial charge in [-0.25, -0.2) is 14.4 Å². The smallest absolute Gasteiger partial charge is 0.258 e. The first-order chi connectivity index (χ1) is 17.9. The van der Waals surface area contributed by atoms with Crippen molar-refractivity contribution >= 4 is 45.5 Å². The molecule has 1 fully saturated rings. The van der Waals surface area contributed by atoms with E-state index in [0.29, 0.717) is 28.9 Å². The third kappa shape index (κ3) is 4.27. The van der Waals surface area contributed by atoms with Crippen molar-refractivity contribution in [3.05, 3.63) is 76.1 Å². The van der Waals surface area contributed by atoms with Crippen LogP contribution in [0.1, 0.15) is 59.6 Å². The number of hydrogen-bond donors (Lipinski definition) is 2. The summed E-state index contributed by atoms with van der Waals surface area (Å²) in [4.78, 5) is 26.0. The second-order valence-electron chi connectivity index (χ2n) is 9.91. The van der Waals surface area contributed by atoms with E-state index in [0.717, 1.165) is 40.5 Å². The Morgan fingerprint density at radius 3 is 2.65 bits per heavy atom. The maximum atomic E-state index is 14.5. The molecule has 0 unspecified atom stereocenters. The quantitative estimate of drug-likeness (QED) is 0.257. The Balaban J connectivity index is 1.38. The van der Waals surface area contributed by atoms with Gasteiger partial charge in [0.15, 0.2) is 0 Å². The number of nitrogens with one attached hydrogen (secondary N) is 2. The molecular weight excluding hydrogens is 489 g/mol. The standard InChI is InChI=1S/C29H27ClFN5O/c1-16-11-12-22-24(13-16)36(19-7-4-3-5-8-19)29(33-22)35-28(37)18-14-17(2)26-23(15-18)32-27(34-26)25-20(30)9-6-10-21(25)31/h6,9-15,19H,3-5,7-8H2,1-2H3,(H,32,34)(H,33,35,37). The molecule has 188 valence electrons. The van der Waals surface area contributed by atoms with Crippen LogP contribution in [-0.2, 0) is 0 Å². The fourth-order valence-electron chi connectivity index (χ4n) is 5.43. The van der Waals surface area contributed by atoms with Crippen LogP contribution < -0.4 is 5.32 Å². The topological polar surface area (TPSA) is 75.6 Å². The van der Waals surface area contributed by atoms with E-state index < -0.39 is 5.82 Å². The number of anilines is 1. The van der Waals surface area contributed by atoms with Gasteiger partial charge in [-0.15, -0.1) is 0 Å². The second kappa shape index (κ2) is 9.30. The summed E-state index contributed by atoms with van der Waals surface area (Å²) in [6.45, 7) is 3.96. The lowest BCUT2D eigenvalue weighted by molar-refractivity contribution is 0.102. The van der Waals surface area contributed by atoms with E-state index in [-0.39, 0.29) is 16.5 Å². The molecular formula is C29H27ClFN5O. The molecule has 6 nitrogen and oxygen atoms in total. The predicted molar refractivity (Wildman–Crippen MR) is 146 cm³/mol. The van der Waals surface area contributed by atoms with Crippen molar-refractivity contribution in [2.75, 3.05) is 5.32 Å². The number of carbonyl (C=O) groups is 1. The van der Waals surface area contributed by atoms with Crippen LogP contribution in [0.4, 0.5) is 10.3 Å². The number of aryl methyl sites for hydroxylation is 2. The maximum Gasteiger partial charge on any atom is 0.258 e. The van der Waals surface area contributed by atoms with Gasteiger partial charge in [-0.05, 0) is 74.2 Å². The minimum Gasteiger partial charge on any atom is -0.338 e. The van der Waals surface area contributed by atoms with Crippen LogP contribution in [0.2, 0.25) is 5.02 Å². The van der Waals surface area contributed by atoms with Crippen molar-refractivity contribution in [2.45, 2.75) is 52.0 Å². The Labute approximate surface area is 218 Å². The van der Waals surface area contributed by atoms with E-state index in [9.17, 15) is 9.18 Å². The molecule has 2 N–H and O–H groups in total. The number of nitrogens with zero attached hydrogens (tertiary/aromatic N) is 3. The van der Waals surface area contributed by atoms with Crippen LogP contribution in [0.5, 0.6) is 0 Å². The monoisotopic (exact) mass is 515 g/mol. The summed E-state index contributed by atoms with van der Waals surface area (Å²) in [5.41, 5.74) is 5.87. The fraction of sp³-hybridized carbons (Fsp3) is 0.276. The van der Waals surface area contributed by atoms with E-state index in [4.69, 9.17) is 16.6 Å². The van der Waals surface area contributed by atoms with Gasteiger partial charge in [0, 0.05) is 11.6 Å². The number of imidazole rings is 2. The van der Waals surface area contributed by atoms with Crippen molar-refractivity contribution in [3.8, 4) is 11.4 Å². The highest BCUT2D eigenvalue weighted by Gasteiger charge is 2.24. The first-order valence-electron chi connectivity index (χ1n) is 12.6. The Morgan fingerprint density at radius 1 is 1.05 bits per heavy atom. The Morgan fingerprint density at radius 2 is 1.86 bits per heavy atom. The van der Waals surface area contributed by atoms with E-state index in [1.165, 1.54) is 25.3 Å². The number of benzene rings is 3. The van der Waals surface area contributed by atoms with Gasteiger partial charge in [-0.1, -0.05) is 43.0 Å². The van der Waals surface area contributed by atoms with Crippen molar-refractivity contribution in [1.82, 2.24) is 19.5 Å². The predicted octanol–water partition coefficient (Wildman–Crippen LogP) is 7.75. The van der Waals surface area contributed by atoms with Crippen molar-refractivity contribution < 1.29 is 9.18 Å². The van der Waals surface area contributed by atoms with Crippen LogP contribution in [-0.4, -0.2) is 25.4 Å². The molecule has 1 aliphatic rings. The van der Waals surface area contributed by atoms with E-state index in [1.807, 2.05) is 19.1 Å². The van der Waals surface area contributed by atoms with E-state index >= 15 is 0 Å². The van der Waals surface area contributed by atoms with Crippen molar-refractivity contribution in [1.29, 1.82) is 0 Å². The van der Waals surface area contributed by atoms with Crippen molar-refractivity contribution in [3.63, 3.8) is 0 Å². The van der Waals surface area contributed by atoms with Crippen molar-refractivity contribution in [2.24, 2.45) is 0 Å². The van der Waals surface area contributed by atoms with Gasteiger partial charge in [0.2, 0.25) is 5.95 Å². The summed E-state index contributed by atoms with van der Waals surface area (Å²) in [6.07, 6.45) is 5.73. The molecule has 1 aliphatic carbocycles. The minimum absolute atomic E-state index is 0.210. The normalized spacial score (nSPS) is 14.5. The Bertz CT molecular complexity index is 1640. The lowest BCUT2D eigenvalue weighted by atomic mass is 9.95. The Hall–Kier alpha value is -3.71. The highest BCUT2D eigenvalue weighted by molar-refractivity contribution is 6.33. The molecule has 3 aromatic carbocycles. The molecule has 0 aliphatic heterocycles. The molecule has 37 heavy (non-hydrogen) atoms. The number of amides is 1. The highest BCUT2D eigenvalue weighted by Crippen LogP contribution is 2.35. The molecule has 0 atom stereocenters. The number of hydrogen-bond acceptors (Lipinski definition) is 3. The number of halogens is 2. The number of H-pyrrole nitrogens is 1. The SMILES string of the molecule is Cc1ccc2nc(NC(=O)c3cc(C)c4[nH]c(-c5c(F)cccc5Cl)nc4c3)n(C3CCCCC3)c2c1. The van der Waals surface area contributed by atoms with Crippen LogP contribution in [0.25, 0.3) is 33.5 Å². The molecule has 0 spiro atoms. The van der Waals surface area contributed by atoms with Gasteiger partial charge in [-0.2, -0.15) is 0 Å². The van der Waals surface area contributed by atoms with Crippen LogP contribution in [0.15, 0.2) is 48.5 Å². The van der Waals surface area contributed by atoms with Gasteiger partial charge in [0.05, 0.1) is 32.7 Å². The average Bonchev–Trinajstić information content (AvgIpc) is 3.45. The van der Waals surface area contributed by atoms with E-state index in [2.05, 4.69) is 32.8 Å². The first kappa shape index (κ1) is 23.7. The third-order valence-electron chi connectivity index (χ3n) is 7.26. The lowest BCUT2D eigenvalue weighted by Crippen LogP contribution is -2.20. The van der Waals surface area contributed by atoms with Crippen LogP contribution in [0, 0.1) is 19.7 Å². The molecule has 8 heteroatoms. The molecule has 1 saturated carbocycles. The lowest BCUT2D eigenvalue weighted by Gasteiger charge is -2.25. The number of aromatic amines is 1. The summed E-state index contributed by atoms with van der Waals surface area (Å²) in [7, 11) is 0. The second-order valence-corrected chi connectivity index (χ2v) is 10.3. The molecule has 0 radical (unpaired) electrons. The molecule has 5 aromatic rings. The summed E-state index contributed by atoms with van der Waals surface area (Å²) in [6, 6.07) is 14.5. The fourth-order valence-corrected chi connectivity index (χ4v) is 5.69. The van der Waals surface area contributed by atoms with Crippen LogP contribution >= 0.6 is 11.6 Å². The highest BCUT2D eigenvalue weighted by atomic mass is 35.5. The zero-order valence-corrected chi connectivity index (χ0v) is 21.5. The number of aromatic nitrogens is 4. The maximum absolute atomic E-state index is 14.5. The molecule has 2 heterocycles. The number of carbonyl (C=O) groups excluding carboxylic acids is 1. The molecule has 0 bridgehead atoms. The summed E-state index contributed by atoms with van der Waals surface area (Å²) < 4.78 is 16.7. The van der Waals surface area contributed by atoms with Gasteiger partial charge >= 0.3 is 0 Å². The summed E-state index contributed by atoms with van der Waals surface area (Å²) in [5.74, 6) is 0.172. The Kier molecular flexibility index (Phi) is 5.95. The van der Waals surface area contributed by atoms with Crippen LogP contribution in [0.3, 0.4) is 0 Å². The summed E-state index contributed by atoms with van der Waals surface area (Å²) in [5, 5.41) is 3.35. The zero-order valence-electron chi connectivity index (χ0n) is 20.7. The van der Waals surface area contributed by atoms with E-state index in [1.54, 1.807) is 24.3 Å². The van der Waals surface area contributed by atoms with Gasteiger partial charge in [0.1, 0.15) is 11.6 Å². The first-order valence-corrected chi connectivity index (χ1v) is 13.0. The summed E-state index contributed by atoms with van der Waals surface area (Å²) >= 11 is 6.25. The van der Waals surface area contributed by atoms with Gasteiger partial charge in [-0.3, -0.25) is 10.1 Å².